The number of nitrogens with zero attached hydrogens (tertiary/aromatic N) is 2. The van der Waals surface area contributed by atoms with E-state index < -0.39 is 35.6 Å². The van der Waals surface area contributed by atoms with Crippen LogP contribution < -0.4 is 5.32 Å². The molecule has 0 bridgehead atoms. The fourth-order valence-electron chi connectivity index (χ4n) is 3.27. The summed E-state index contributed by atoms with van der Waals surface area (Å²) < 4.78 is 0. The minimum atomic E-state index is -1.07. The highest BCUT2D eigenvalue weighted by Crippen LogP contribution is 2.45. The second-order valence-electron chi connectivity index (χ2n) is 5.94. The first-order chi connectivity index (χ1) is 11.4. The molecule has 0 aromatic heterocycles. The zero-order chi connectivity index (χ0) is 17.6. The molecular formula is C17H15N3O4. The minimum absolute atomic E-state index is 0.297. The van der Waals surface area contributed by atoms with E-state index in [4.69, 9.17) is 0 Å². The highest BCUT2D eigenvalue weighted by molar-refractivity contribution is 6.11. The van der Waals surface area contributed by atoms with Crippen LogP contribution in [0.1, 0.15) is 24.0 Å². The van der Waals surface area contributed by atoms with Gasteiger partial charge < -0.3 is 10.4 Å². The number of aliphatic hydroxyl groups is 1. The highest BCUT2D eigenvalue weighted by atomic mass is 16.3. The molecule has 3 unspecified atom stereocenters. The second-order valence-corrected chi connectivity index (χ2v) is 5.94. The number of amides is 3. The number of benzene rings is 1. The molecule has 2 aliphatic rings. The molecule has 7 nitrogen and oxygen atoms in total. The van der Waals surface area contributed by atoms with Crippen molar-refractivity contribution in [1.82, 2.24) is 10.2 Å². The maximum atomic E-state index is 12.5. The Balaban J connectivity index is 2.11. The molecule has 3 rings (SSSR count). The fourth-order valence-corrected chi connectivity index (χ4v) is 3.27. The van der Waals surface area contributed by atoms with Crippen LogP contribution in [0.2, 0.25) is 0 Å². The molecule has 7 heteroatoms. The van der Waals surface area contributed by atoms with Gasteiger partial charge in [-0.05, 0) is 12.5 Å². The number of nitriles is 1. The summed E-state index contributed by atoms with van der Waals surface area (Å²) in [6.45, 7) is 3.11. The van der Waals surface area contributed by atoms with E-state index in [0.29, 0.717) is 5.56 Å². The lowest BCUT2D eigenvalue weighted by Crippen LogP contribution is -2.37. The smallest absolute Gasteiger partial charge is 0.281 e. The van der Waals surface area contributed by atoms with Crippen molar-refractivity contribution in [1.29, 1.82) is 5.26 Å². The van der Waals surface area contributed by atoms with Crippen LogP contribution in [-0.4, -0.2) is 33.8 Å². The molecule has 2 heterocycles. The topological polar surface area (TPSA) is 110 Å². The van der Waals surface area contributed by atoms with E-state index in [2.05, 4.69) is 5.32 Å². The average Bonchev–Trinajstić information content (AvgIpc) is 2.96. The van der Waals surface area contributed by atoms with Gasteiger partial charge in [-0.2, -0.15) is 5.26 Å². The third kappa shape index (κ3) is 2.15. The monoisotopic (exact) mass is 325 g/mol. The van der Waals surface area contributed by atoms with Crippen LogP contribution in [0.15, 0.2) is 35.7 Å². The van der Waals surface area contributed by atoms with E-state index in [1.54, 1.807) is 12.1 Å². The standard InChI is InChI=1S/C17H15N3O4/c1-8-3-5-10(6-4-8)12-11(7-18)16(23)20-14(12)15(22)13(17(20)24)19-9(2)21/h3-6,11-12,14,22H,1-2H3,(H,19,21). The number of imide groups is 1. The Kier molecular flexibility index (Phi) is 3.60. The molecule has 0 saturated carbocycles. The van der Waals surface area contributed by atoms with Gasteiger partial charge >= 0.3 is 0 Å². The summed E-state index contributed by atoms with van der Waals surface area (Å²) in [6.07, 6.45) is 0. The Bertz CT molecular complexity index is 819. The van der Waals surface area contributed by atoms with Gasteiger partial charge in [-0.3, -0.25) is 19.3 Å². The van der Waals surface area contributed by atoms with E-state index >= 15 is 0 Å². The average molecular weight is 325 g/mol. The quantitative estimate of drug-likeness (QED) is 0.784. The molecule has 2 N–H and O–H groups in total. The number of fused-ring (bicyclic) bond motifs is 1. The Morgan fingerprint density at radius 3 is 2.46 bits per heavy atom. The first-order valence-corrected chi connectivity index (χ1v) is 7.41. The summed E-state index contributed by atoms with van der Waals surface area (Å²) in [6, 6.07) is 8.18. The Hall–Kier alpha value is -3.14. The molecule has 0 spiro atoms. The van der Waals surface area contributed by atoms with Crippen molar-refractivity contribution in [2.24, 2.45) is 5.92 Å². The first-order valence-electron chi connectivity index (χ1n) is 7.41. The lowest BCUT2D eigenvalue weighted by atomic mass is 9.83. The lowest BCUT2D eigenvalue weighted by molar-refractivity contribution is -0.141. The summed E-state index contributed by atoms with van der Waals surface area (Å²) in [5.74, 6) is -4.10. The first kappa shape index (κ1) is 15.7. The molecule has 0 radical (unpaired) electrons. The van der Waals surface area contributed by atoms with Crippen LogP contribution >= 0.6 is 0 Å². The van der Waals surface area contributed by atoms with Crippen LogP contribution in [0.5, 0.6) is 0 Å². The molecule has 3 amide bonds. The molecule has 1 fully saturated rings. The van der Waals surface area contributed by atoms with Gasteiger partial charge in [0.25, 0.3) is 5.91 Å². The molecule has 1 aromatic carbocycles. The Labute approximate surface area is 138 Å². The third-order valence-electron chi connectivity index (χ3n) is 4.35. The number of carbonyl (C=O) groups is 3. The molecule has 24 heavy (non-hydrogen) atoms. The number of rotatable bonds is 2. The van der Waals surface area contributed by atoms with Gasteiger partial charge in [-0.15, -0.1) is 0 Å². The van der Waals surface area contributed by atoms with Crippen LogP contribution in [0.25, 0.3) is 0 Å². The van der Waals surface area contributed by atoms with Crippen molar-refractivity contribution in [3.8, 4) is 6.07 Å². The number of carbonyl (C=O) groups excluding carboxylic acids is 3. The van der Waals surface area contributed by atoms with Crippen molar-refractivity contribution in [3.05, 3.63) is 46.8 Å². The van der Waals surface area contributed by atoms with Gasteiger partial charge in [0.2, 0.25) is 11.8 Å². The zero-order valence-electron chi connectivity index (χ0n) is 13.1. The SMILES string of the molecule is CC(=O)NC1=C(O)C2C(c3ccc(C)cc3)C(C#N)C(=O)N2C1=O. The van der Waals surface area contributed by atoms with E-state index in [0.717, 1.165) is 10.5 Å². The fraction of sp³-hybridized carbons (Fsp3) is 0.294. The van der Waals surface area contributed by atoms with Crippen molar-refractivity contribution in [3.63, 3.8) is 0 Å². The van der Waals surface area contributed by atoms with Gasteiger partial charge in [0.1, 0.15) is 23.4 Å². The van der Waals surface area contributed by atoms with Gasteiger partial charge in [-0.1, -0.05) is 29.8 Å². The van der Waals surface area contributed by atoms with Crippen molar-refractivity contribution >= 4 is 17.7 Å². The van der Waals surface area contributed by atoms with E-state index in [-0.39, 0.29) is 11.5 Å². The molecule has 122 valence electrons. The molecule has 2 aliphatic heterocycles. The van der Waals surface area contributed by atoms with Crippen LogP contribution in [0, 0.1) is 24.2 Å². The van der Waals surface area contributed by atoms with Crippen LogP contribution in [0.4, 0.5) is 0 Å². The maximum Gasteiger partial charge on any atom is 0.281 e. The van der Waals surface area contributed by atoms with E-state index in [9.17, 15) is 24.8 Å². The number of aryl methyl sites for hydroxylation is 1. The molecule has 1 aromatic rings. The summed E-state index contributed by atoms with van der Waals surface area (Å²) >= 11 is 0. The molecule has 3 atom stereocenters. The Morgan fingerprint density at radius 1 is 1.29 bits per heavy atom. The molecule has 0 aliphatic carbocycles. The minimum Gasteiger partial charge on any atom is -0.508 e. The van der Waals surface area contributed by atoms with Gasteiger partial charge in [0.15, 0.2) is 0 Å². The van der Waals surface area contributed by atoms with Crippen LogP contribution in [0.3, 0.4) is 0 Å². The van der Waals surface area contributed by atoms with E-state index in [1.807, 2.05) is 25.1 Å². The normalized spacial score (nSPS) is 25.7. The predicted molar refractivity (Wildman–Crippen MR) is 82.1 cm³/mol. The maximum absolute atomic E-state index is 12.5. The Morgan fingerprint density at radius 2 is 1.92 bits per heavy atom. The van der Waals surface area contributed by atoms with Crippen LogP contribution in [-0.2, 0) is 14.4 Å². The van der Waals surface area contributed by atoms with Gasteiger partial charge in [0.05, 0.1) is 6.07 Å². The number of aliphatic hydroxyl groups excluding tert-OH is 1. The van der Waals surface area contributed by atoms with Crippen molar-refractivity contribution < 1.29 is 19.5 Å². The molecule has 1 saturated heterocycles. The summed E-state index contributed by atoms with van der Waals surface area (Å²) in [7, 11) is 0. The van der Waals surface area contributed by atoms with Crippen molar-refractivity contribution in [2.45, 2.75) is 25.8 Å². The number of hydrogen-bond donors (Lipinski definition) is 2. The summed E-state index contributed by atoms with van der Waals surface area (Å²) in [5.41, 5.74) is 1.39. The van der Waals surface area contributed by atoms with E-state index in [1.165, 1.54) is 6.92 Å². The lowest BCUT2D eigenvalue weighted by Gasteiger charge is -2.20. The number of nitrogens with one attached hydrogen (secondary N) is 1. The number of hydrogen-bond acceptors (Lipinski definition) is 5. The third-order valence-corrected chi connectivity index (χ3v) is 4.35. The highest BCUT2D eigenvalue weighted by Gasteiger charge is 2.58. The van der Waals surface area contributed by atoms with Gasteiger partial charge in [-0.25, -0.2) is 0 Å². The summed E-state index contributed by atoms with van der Waals surface area (Å²) in [4.78, 5) is 37.0. The zero-order valence-corrected chi connectivity index (χ0v) is 13.1. The predicted octanol–water partition coefficient (Wildman–Crippen LogP) is 0.875. The largest absolute Gasteiger partial charge is 0.508 e. The summed E-state index contributed by atoms with van der Waals surface area (Å²) in [5, 5.41) is 22.1. The van der Waals surface area contributed by atoms with Crippen molar-refractivity contribution in [2.75, 3.05) is 0 Å². The molecular weight excluding hydrogens is 310 g/mol. The second kappa shape index (κ2) is 5.49. The van der Waals surface area contributed by atoms with Gasteiger partial charge in [0, 0.05) is 12.8 Å².